The Bertz CT molecular complexity index is 1570. The lowest BCUT2D eigenvalue weighted by atomic mass is 9.94. The van der Waals surface area contributed by atoms with Crippen LogP contribution in [0.3, 0.4) is 0 Å². The van der Waals surface area contributed by atoms with E-state index in [1.165, 1.54) is 29.2 Å². The maximum Gasteiger partial charge on any atom is 0.248 e. The first-order chi connectivity index (χ1) is 20.9. The van der Waals surface area contributed by atoms with Crippen LogP contribution in [0, 0.1) is 5.82 Å². The van der Waals surface area contributed by atoms with Gasteiger partial charge in [-0.1, -0.05) is 43.5 Å². The van der Waals surface area contributed by atoms with Gasteiger partial charge in [0.25, 0.3) is 0 Å². The van der Waals surface area contributed by atoms with Crippen LogP contribution in [0.15, 0.2) is 79.0 Å². The number of nitrogens with zero attached hydrogens (tertiary/aromatic N) is 1. The molecule has 3 aromatic carbocycles. The minimum absolute atomic E-state index is 0.00108. The summed E-state index contributed by atoms with van der Waals surface area (Å²) < 4.78 is 18.7. The van der Waals surface area contributed by atoms with Gasteiger partial charge in [-0.25, -0.2) is 4.39 Å². The van der Waals surface area contributed by atoms with Crippen molar-refractivity contribution in [3.05, 3.63) is 90.4 Å². The maximum atomic E-state index is 14.2. The number of ether oxygens (including phenoxy) is 1. The van der Waals surface area contributed by atoms with Gasteiger partial charge >= 0.3 is 0 Å². The summed E-state index contributed by atoms with van der Waals surface area (Å²) in [6.07, 6.45) is 6.85. The zero-order valence-electron chi connectivity index (χ0n) is 24.0. The summed E-state index contributed by atoms with van der Waals surface area (Å²) in [5.41, 5.74) is 2.52. The van der Waals surface area contributed by atoms with Crippen molar-refractivity contribution >= 4 is 51.8 Å². The second kappa shape index (κ2) is 14.2. The third kappa shape index (κ3) is 7.56. The first-order valence-corrected chi connectivity index (χ1v) is 15.5. The first-order valence-electron chi connectivity index (χ1n) is 14.4. The zero-order chi connectivity index (χ0) is 30.2. The Hall–Kier alpha value is -4.31. The number of methoxy groups -OCH3 is 1. The molecule has 4 aromatic rings. The van der Waals surface area contributed by atoms with Gasteiger partial charge in [0.15, 0.2) is 0 Å². The molecule has 0 unspecified atom stereocenters. The Labute approximate surface area is 254 Å². The highest BCUT2D eigenvalue weighted by atomic mass is 32.2. The minimum atomic E-state index is -0.966. The van der Waals surface area contributed by atoms with Crippen LogP contribution in [0.2, 0.25) is 0 Å². The molecule has 5 rings (SSSR count). The van der Waals surface area contributed by atoms with E-state index in [9.17, 15) is 18.8 Å². The monoisotopic (exact) mass is 602 g/mol. The molecule has 1 aliphatic carbocycles. The van der Waals surface area contributed by atoms with Gasteiger partial charge in [0.1, 0.15) is 17.6 Å². The number of hydrogen-bond donors (Lipinski definition) is 3. The summed E-state index contributed by atoms with van der Waals surface area (Å²) in [6, 6.07) is 19.3. The third-order valence-electron chi connectivity index (χ3n) is 7.56. The number of anilines is 2. The van der Waals surface area contributed by atoms with Crippen LogP contribution in [-0.4, -0.2) is 47.4 Å². The van der Waals surface area contributed by atoms with Crippen LogP contribution < -0.4 is 20.3 Å². The second-order valence-electron chi connectivity index (χ2n) is 10.5. The lowest BCUT2D eigenvalue weighted by Crippen LogP contribution is -2.47. The van der Waals surface area contributed by atoms with E-state index in [1.807, 2.05) is 24.3 Å². The Morgan fingerprint density at radius 3 is 2.53 bits per heavy atom. The van der Waals surface area contributed by atoms with E-state index in [-0.39, 0.29) is 35.3 Å². The fraction of sp³-hybridized carbons (Fsp3) is 0.303. The minimum Gasteiger partial charge on any atom is -0.497 e. The number of carbonyl (C=O) groups is 3. The number of aromatic nitrogens is 1. The molecule has 0 aliphatic heterocycles. The lowest BCUT2D eigenvalue weighted by molar-refractivity contribution is -0.126. The maximum absolute atomic E-state index is 14.2. The largest absolute Gasteiger partial charge is 0.497 e. The van der Waals surface area contributed by atoms with E-state index in [1.54, 1.807) is 37.6 Å². The number of para-hydroxylation sites is 1. The molecule has 224 valence electrons. The zero-order valence-corrected chi connectivity index (χ0v) is 24.8. The Morgan fingerprint density at radius 1 is 1.00 bits per heavy atom. The molecule has 43 heavy (non-hydrogen) atoms. The molecule has 1 heterocycles. The molecule has 0 saturated heterocycles. The summed E-state index contributed by atoms with van der Waals surface area (Å²) >= 11 is 1.14. The molecular weight excluding hydrogens is 567 g/mol. The third-order valence-corrected chi connectivity index (χ3v) is 8.48. The predicted octanol–water partition coefficient (Wildman–Crippen LogP) is 6.21. The highest BCUT2D eigenvalue weighted by Crippen LogP contribution is 2.35. The molecule has 1 aromatic heterocycles. The average Bonchev–Trinajstić information content (AvgIpc) is 3.45. The molecule has 0 bridgehead atoms. The molecule has 0 radical (unpaired) electrons. The van der Waals surface area contributed by atoms with Crippen molar-refractivity contribution in [3.8, 4) is 5.75 Å². The van der Waals surface area contributed by atoms with Crippen molar-refractivity contribution in [1.29, 1.82) is 0 Å². The normalized spacial score (nSPS) is 14.2. The van der Waals surface area contributed by atoms with Crippen LogP contribution in [0.25, 0.3) is 10.9 Å². The quantitative estimate of drug-likeness (QED) is 0.189. The highest BCUT2D eigenvalue weighted by Gasteiger charge is 2.35. The smallest absolute Gasteiger partial charge is 0.248 e. The van der Waals surface area contributed by atoms with Crippen molar-refractivity contribution in [1.82, 2.24) is 10.3 Å². The molecular formula is C33H35FN4O4S. The van der Waals surface area contributed by atoms with Crippen molar-refractivity contribution in [2.24, 2.45) is 0 Å². The van der Waals surface area contributed by atoms with E-state index < -0.39 is 11.9 Å². The number of H-pyrrole nitrogens is 1. The standard InChI is InChI=1S/C33H35FN4O4S/c1-42-26-11-7-10-25(18-26)38(31(40)21-43-20-30(39)36-24-16-14-22(34)15-17-24)32(33(41)37-23-8-3-2-4-9-23)28-19-35-29-13-6-5-12-27(28)29/h5-7,10-19,23,32,35H,2-4,8-9,20-21H2,1H3,(H,36,39)(H,37,41)/t32-/m1/s1. The van der Waals surface area contributed by atoms with Crippen molar-refractivity contribution in [3.63, 3.8) is 0 Å². The number of fused-ring (bicyclic) bond motifs is 1. The van der Waals surface area contributed by atoms with Crippen LogP contribution in [0.4, 0.5) is 15.8 Å². The number of amides is 3. The number of nitrogens with one attached hydrogen (secondary N) is 3. The number of rotatable bonds is 11. The topological polar surface area (TPSA) is 104 Å². The molecule has 1 aliphatic rings. The number of aromatic amines is 1. The molecule has 3 N–H and O–H groups in total. The molecule has 10 heteroatoms. The van der Waals surface area contributed by atoms with Crippen molar-refractivity contribution in [2.45, 2.75) is 44.2 Å². The molecule has 1 atom stereocenters. The van der Waals surface area contributed by atoms with E-state index in [0.717, 1.165) is 54.8 Å². The first kappa shape index (κ1) is 30.2. The summed E-state index contributed by atoms with van der Waals surface area (Å²) in [5, 5.41) is 6.79. The van der Waals surface area contributed by atoms with Gasteiger partial charge in [-0.15, -0.1) is 11.8 Å². The van der Waals surface area contributed by atoms with Crippen LogP contribution in [0.5, 0.6) is 5.75 Å². The summed E-state index contributed by atoms with van der Waals surface area (Å²) in [7, 11) is 1.55. The van der Waals surface area contributed by atoms with Gasteiger partial charge in [0, 0.05) is 46.1 Å². The molecule has 8 nitrogen and oxygen atoms in total. The molecule has 0 spiro atoms. The van der Waals surface area contributed by atoms with E-state index >= 15 is 0 Å². The van der Waals surface area contributed by atoms with Gasteiger partial charge in [-0.2, -0.15) is 0 Å². The summed E-state index contributed by atoms with van der Waals surface area (Å²) in [6.45, 7) is 0. The fourth-order valence-electron chi connectivity index (χ4n) is 5.47. The van der Waals surface area contributed by atoms with Crippen molar-refractivity contribution < 1.29 is 23.5 Å². The van der Waals surface area contributed by atoms with Crippen LogP contribution in [0.1, 0.15) is 43.7 Å². The van der Waals surface area contributed by atoms with Gasteiger partial charge in [0.05, 0.1) is 18.6 Å². The van der Waals surface area contributed by atoms with Gasteiger partial charge in [0.2, 0.25) is 17.7 Å². The SMILES string of the molecule is COc1cccc(N(C(=O)CSCC(=O)Nc2ccc(F)cc2)[C@@H](C(=O)NC2CCCCC2)c2c[nH]c3ccccc23)c1. The number of thioether (sulfide) groups is 1. The summed E-state index contributed by atoms with van der Waals surface area (Å²) in [4.78, 5) is 45.6. The molecule has 1 fully saturated rings. The Balaban J connectivity index is 1.44. The number of hydrogen-bond acceptors (Lipinski definition) is 5. The van der Waals surface area contributed by atoms with Gasteiger partial charge < -0.3 is 20.4 Å². The molecule has 1 saturated carbocycles. The number of carbonyl (C=O) groups excluding carboxylic acids is 3. The fourth-order valence-corrected chi connectivity index (χ4v) is 6.15. The van der Waals surface area contributed by atoms with Crippen molar-refractivity contribution in [2.75, 3.05) is 28.8 Å². The van der Waals surface area contributed by atoms with Crippen LogP contribution >= 0.6 is 11.8 Å². The Kier molecular flexibility index (Phi) is 9.99. The van der Waals surface area contributed by atoms with E-state index in [0.29, 0.717) is 22.7 Å². The van der Waals surface area contributed by atoms with Crippen LogP contribution in [-0.2, 0) is 14.4 Å². The number of halogens is 1. The number of benzene rings is 3. The Morgan fingerprint density at radius 2 is 1.77 bits per heavy atom. The van der Waals surface area contributed by atoms with E-state index in [2.05, 4.69) is 15.6 Å². The predicted molar refractivity (Wildman–Crippen MR) is 169 cm³/mol. The van der Waals surface area contributed by atoms with Gasteiger partial charge in [-0.05, 0) is 55.3 Å². The lowest BCUT2D eigenvalue weighted by Gasteiger charge is -2.33. The second-order valence-corrected chi connectivity index (χ2v) is 11.5. The molecule has 3 amide bonds. The highest BCUT2D eigenvalue weighted by molar-refractivity contribution is 8.00. The average molecular weight is 603 g/mol. The van der Waals surface area contributed by atoms with E-state index in [4.69, 9.17) is 4.74 Å². The van der Waals surface area contributed by atoms with Gasteiger partial charge in [-0.3, -0.25) is 19.3 Å². The summed E-state index contributed by atoms with van der Waals surface area (Å²) in [5.74, 6) is -0.806.